The lowest BCUT2D eigenvalue weighted by Crippen LogP contribution is -3.00. The molecule has 1 aliphatic carbocycles. The number of carbonyl (C=O) groups is 1. The van der Waals surface area contributed by atoms with E-state index in [1.807, 2.05) is 37.9 Å². The predicted octanol–water partition coefficient (Wildman–Crippen LogP) is 0.939. The highest BCUT2D eigenvalue weighted by Gasteiger charge is 2.39. The molecule has 0 radical (unpaired) electrons. The number of esters is 1. The van der Waals surface area contributed by atoms with E-state index in [0.717, 1.165) is 37.4 Å². The van der Waals surface area contributed by atoms with Crippen LogP contribution in [0.1, 0.15) is 51.5 Å². The Labute approximate surface area is 184 Å². The van der Waals surface area contributed by atoms with E-state index in [9.17, 15) is 4.79 Å². The average molecular weight is 442 g/mol. The van der Waals surface area contributed by atoms with Gasteiger partial charge in [0.1, 0.15) is 5.10 Å². The van der Waals surface area contributed by atoms with Crippen LogP contribution in [0.3, 0.4) is 0 Å². The lowest BCUT2D eigenvalue weighted by atomic mass is 9.98. The van der Waals surface area contributed by atoms with Crippen molar-refractivity contribution in [2.24, 2.45) is 10.5 Å². The Balaban J connectivity index is 0.00000300. The molecule has 0 bridgehead atoms. The van der Waals surface area contributed by atoms with Crippen molar-refractivity contribution >= 4 is 23.9 Å². The molecule has 160 valence electrons. The first-order valence-electron chi connectivity index (χ1n) is 9.83. The van der Waals surface area contributed by atoms with Crippen LogP contribution in [0, 0.1) is 5.41 Å². The molecule has 29 heavy (non-hydrogen) atoms. The fourth-order valence-corrected chi connectivity index (χ4v) is 3.10. The molecule has 1 aromatic carbocycles. The number of nitrogens with zero attached hydrogens (tertiary/aromatic N) is 3. The zero-order chi connectivity index (χ0) is 20.1. The fourth-order valence-electron chi connectivity index (χ4n) is 2.98. The van der Waals surface area contributed by atoms with Gasteiger partial charge in [0.25, 0.3) is 0 Å². The Morgan fingerprint density at radius 1 is 1.28 bits per heavy atom. The summed E-state index contributed by atoms with van der Waals surface area (Å²) in [5.74, 6) is 0.293. The quantitative estimate of drug-likeness (QED) is 0.324. The number of hydrazone groups is 1. The van der Waals surface area contributed by atoms with Crippen molar-refractivity contribution in [2.45, 2.75) is 52.1 Å². The number of ether oxygens (including phenoxy) is 2. The molecule has 0 aromatic heterocycles. The van der Waals surface area contributed by atoms with Crippen LogP contribution in [0.2, 0.25) is 5.02 Å². The molecule has 8 heteroatoms. The summed E-state index contributed by atoms with van der Waals surface area (Å²) in [6.07, 6.45) is 6.30. The summed E-state index contributed by atoms with van der Waals surface area (Å²) in [4.78, 5) is 13.6. The zero-order valence-electron chi connectivity index (χ0n) is 17.2. The second-order valence-corrected chi connectivity index (χ2v) is 8.87. The number of hydrogen-bond donors (Lipinski definition) is 0. The highest BCUT2D eigenvalue weighted by molar-refractivity contribution is 6.30. The molecule has 1 aromatic rings. The van der Waals surface area contributed by atoms with Gasteiger partial charge in [-0.3, -0.25) is 4.79 Å². The van der Waals surface area contributed by atoms with Gasteiger partial charge in [0.05, 0.1) is 11.5 Å². The smallest absolute Gasteiger partial charge is 0.547 e. The minimum atomic E-state index is -0.495. The minimum absolute atomic E-state index is 0. The first-order valence-corrected chi connectivity index (χ1v) is 10.2. The van der Waals surface area contributed by atoms with E-state index in [-0.39, 0.29) is 25.1 Å². The Kier molecular flexibility index (Phi) is 8.53. The molecule has 1 heterocycles. The third-order valence-corrected chi connectivity index (χ3v) is 5.05. The Hall–Kier alpha value is -1.59. The monoisotopic (exact) mass is 441 g/mol. The van der Waals surface area contributed by atoms with Crippen LogP contribution in [0.5, 0.6) is 0 Å². The molecule has 1 fully saturated rings. The van der Waals surface area contributed by atoms with Gasteiger partial charge < -0.3 is 21.9 Å². The summed E-state index contributed by atoms with van der Waals surface area (Å²) in [5.41, 5.74) is 0.814. The maximum absolute atomic E-state index is 11.8. The van der Waals surface area contributed by atoms with Crippen LogP contribution in [-0.4, -0.2) is 54.9 Å². The van der Waals surface area contributed by atoms with Gasteiger partial charge in [-0.15, -0.1) is 0 Å². The van der Waals surface area contributed by atoms with E-state index in [2.05, 4.69) is 23.6 Å². The van der Waals surface area contributed by atoms with E-state index in [0.29, 0.717) is 18.7 Å². The summed E-state index contributed by atoms with van der Waals surface area (Å²) in [7, 11) is 0. The highest BCUT2D eigenvalue weighted by atomic mass is 35.5. The van der Waals surface area contributed by atoms with Crippen LogP contribution in [0.4, 0.5) is 0 Å². The SMILES string of the molecule is CC(C)(C)C(=O)OCN1[C+]=NN(CCCCOC2CC2c2ccc(Cl)cc2)C1.[Cl-]. The zero-order valence-corrected chi connectivity index (χ0v) is 18.7. The van der Waals surface area contributed by atoms with E-state index in [1.165, 1.54) is 5.56 Å². The molecule has 1 saturated carbocycles. The molecule has 2 atom stereocenters. The number of hydrogen-bond acceptors (Lipinski definition) is 6. The second-order valence-electron chi connectivity index (χ2n) is 8.43. The largest absolute Gasteiger partial charge is 1.00 e. The molecule has 0 saturated heterocycles. The molecular weight excluding hydrogens is 413 g/mol. The van der Waals surface area contributed by atoms with E-state index < -0.39 is 5.41 Å². The molecular formula is C21H29Cl2N3O3. The van der Waals surface area contributed by atoms with Crippen LogP contribution in [0.15, 0.2) is 29.4 Å². The minimum Gasteiger partial charge on any atom is -1.00 e. The maximum atomic E-state index is 11.8. The summed E-state index contributed by atoms with van der Waals surface area (Å²) >= 11 is 5.93. The molecule has 1 aliphatic heterocycles. The average Bonchev–Trinajstić information content (AvgIpc) is 3.27. The maximum Gasteiger partial charge on any atom is 0.547 e. The fraction of sp³-hybridized carbons (Fsp3) is 0.619. The van der Waals surface area contributed by atoms with Gasteiger partial charge in [0, 0.05) is 24.1 Å². The van der Waals surface area contributed by atoms with Crippen molar-refractivity contribution in [3.8, 4) is 0 Å². The number of rotatable bonds is 9. The van der Waals surface area contributed by atoms with Gasteiger partial charge in [-0.2, -0.15) is 0 Å². The summed E-state index contributed by atoms with van der Waals surface area (Å²) < 4.78 is 11.2. The Morgan fingerprint density at radius 3 is 2.69 bits per heavy atom. The highest BCUT2D eigenvalue weighted by Crippen LogP contribution is 2.43. The molecule has 3 rings (SSSR count). The third kappa shape index (κ3) is 7.31. The molecule has 0 spiro atoms. The third-order valence-electron chi connectivity index (χ3n) is 4.80. The second kappa shape index (κ2) is 10.4. The number of benzene rings is 1. The summed E-state index contributed by atoms with van der Waals surface area (Å²) in [6, 6.07) is 8.05. The molecule has 0 amide bonds. The van der Waals surface area contributed by atoms with Gasteiger partial charge in [0.15, 0.2) is 6.67 Å². The van der Waals surface area contributed by atoms with E-state index in [1.54, 1.807) is 4.90 Å². The summed E-state index contributed by atoms with van der Waals surface area (Å²) in [6.45, 7) is 7.90. The van der Waals surface area contributed by atoms with Crippen molar-refractivity contribution in [2.75, 3.05) is 26.6 Å². The number of halogens is 2. The van der Waals surface area contributed by atoms with Crippen molar-refractivity contribution in [3.05, 3.63) is 34.9 Å². The van der Waals surface area contributed by atoms with Crippen LogP contribution >= 0.6 is 11.6 Å². The van der Waals surface area contributed by atoms with Gasteiger partial charge in [-0.05, 0) is 57.7 Å². The van der Waals surface area contributed by atoms with Crippen molar-refractivity contribution in [1.29, 1.82) is 0 Å². The molecule has 0 N–H and O–H groups in total. The normalized spacial score (nSPS) is 20.3. The van der Waals surface area contributed by atoms with Crippen LogP contribution in [0.25, 0.3) is 0 Å². The number of carbonyl (C=O) groups excluding carboxylic acids is 1. The lowest BCUT2D eigenvalue weighted by Gasteiger charge is -2.17. The van der Waals surface area contributed by atoms with Gasteiger partial charge >= 0.3 is 12.3 Å². The lowest BCUT2D eigenvalue weighted by molar-refractivity contribution is -0.156. The van der Waals surface area contributed by atoms with Crippen LogP contribution in [-0.2, 0) is 14.3 Å². The van der Waals surface area contributed by atoms with Gasteiger partial charge in [-0.1, -0.05) is 28.6 Å². The van der Waals surface area contributed by atoms with Gasteiger partial charge in [-0.25, -0.2) is 5.01 Å². The van der Waals surface area contributed by atoms with Crippen molar-refractivity contribution in [3.63, 3.8) is 0 Å². The van der Waals surface area contributed by atoms with E-state index >= 15 is 0 Å². The van der Waals surface area contributed by atoms with Crippen molar-refractivity contribution in [1.82, 2.24) is 9.91 Å². The standard InChI is InChI=1S/C21H29ClN3O3.ClH/c1-21(2,3)20(26)28-15-24-13-23-25(14-24)10-4-5-11-27-19-12-18(19)16-6-8-17(22)9-7-16;/h6-9,18-19H,4-5,10-12,14-15H2,1-3H3;1H/q+1;/p-1. The van der Waals surface area contributed by atoms with Crippen LogP contribution < -0.4 is 12.4 Å². The first kappa shape index (κ1) is 23.7. The molecule has 2 unspecified atom stereocenters. The topological polar surface area (TPSA) is 54.4 Å². The van der Waals surface area contributed by atoms with Gasteiger partial charge in [0.2, 0.25) is 6.73 Å². The predicted molar refractivity (Wildman–Crippen MR) is 109 cm³/mol. The van der Waals surface area contributed by atoms with Crippen molar-refractivity contribution < 1.29 is 26.7 Å². The molecule has 6 nitrogen and oxygen atoms in total. The Morgan fingerprint density at radius 2 is 2.00 bits per heavy atom. The first-order chi connectivity index (χ1) is 13.3. The molecule has 2 aliphatic rings. The summed E-state index contributed by atoms with van der Waals surface area (Å²) in [5, 5.41) is 6.93. The number of unbranched alkanes of at least 4 members (excludes halogenated alkanes) is 1. The van der Waals surface area contributed by atoms with E-state index in [4.69, 9.17) is 21.1 Å². The Bertz CT molecular complexity index is 691.